The smallest absolute Gasteiger partial charge is 0.309 e. The molecule has 0 saturated carbocycles. The van der Waals surface area contributed by atoms with Gasteiger partial charge in [-0.3, -0.25) is 4.57 Å². The van der Waals surface area contributed by atoms with Gasteiger partial charge in [-0.2, -0.15) is 0 Å². The molecule has 5 heteroatoms. The van der Waals surface area contributed by atoms with E-state index in [-0.39, 0.29) is 11.7 Å². The summed E-state index contributed by atoms with van der Waals surface area (Å²) in [4.78, 5) is 0. The Morgan fingerprint density at radius 1 is 1.17 bits per heavy atom. The largest absolute Gasteiger partial charge is 0.331 e. The Morgan fingerprint density at radius 3 is 2.11 bits per heavy atom. The molecule has 0 bridgehead atoms. The topological polar surface area (TPSA) is 35.5 Å². The van der Waals surface area contributed by atoms with Crippen molar-refractivity contribution in [3.05, 3.63) is 35.6 Å². The maximum absolute atomic E-state index is 12.8. The first-order chi connectivity index (χ1) is 8.50. The van der Waals surface area contributed by atoms with Crippen molar-refractivity contribution in [2.75, 3.05) is 19.4 Å². The molecule has 0 fully saturated rings. The molecule has 0 spiro atoms. The second kappa shape index (κ2) is 7.03. The van der Waals surface area contributed by atoms with Crippen LogP contribution < -0.4 is 0 Å². The summed E-state index contributed by atoms with van der Waals surface area (Å²) in [6.45, 7) is 6.21. The van der Waals surface area contributed by atoms with E-state index >= 15 is 0 Å². The number of hydrogen-bond donors (Lipinski definition) is 0. The van der Waals surface area contributed by atoms with Gasteiger partial charge in [-0.15, -0.1) is 0 Å². The van der Waals surface area contributed by atoms with Crippen LogP contribution in [0.5, 0.6) is 0 Å². The predicted molar refractivity (Wildman–Crippen MR) is 70.5 cm³/mol. The molecule has 1 aromatic carbocycles. The zero-order chi connectivity index (χ0) is 13.6. The highest BCUT2D eigenvalue weighted by Crippen LogP contribution is 2.51. The van der Waals surface area contributed by atoms with E-state index < -0.39 is 7.60 Å². The van der Waals surface area contributed by atoms with Crippen molar-refractivity contribution in [2.45, 2.75) is 26.7 Å². The Morgan fingerprint density at radius 2 is 1.67 bits per heavy atom. The van der Waals surface area contributed by atoms with E-state index in [9.17, 15) is 8.96 Å². The molecule has 0 unspecified atom stereocenters. The maximum Gasteiger partial charge on any atom is 0.331 e. The first-order valence-corrected chi connectivity index (χ1v) is 7.87. The Bertz CT molecular complexity index is 395. The molecule has 0 saturated heterocycles. The fourth-order valence-electron chi connectivity index (χ4n) is 1.77. The Hall–Kier alpha value is -0.700. The van der Waals surface area contributed by atoms with Crippen LogP contribution in [0, 0.1) is 5.82 Å². The minimum absolute atomic E-state index is 0.00506. The van der Waals surface area contributed by atoms with E-state index in [1.807, 2.05) is 6.92 Å². The molecule has 102 valence electrons. The lowest BCUT2D eigenvalue weighted by Crippen LogP contribution is -2.06. The quantitative estimate of drug-likeness (QED) is 0.699. The lowest BCUT2D eigenvalue weighted by atomic mass is 10.0. The summed E-state index contributed by atoms with van der Waals surface area (Å²) in [6.07, 6.45) is 0.306. The fourth-order valence-corrected chi connectivity index (χ4v) is 3.72. The van der Waals surface area contributed by atoms with Gasteiger partial charge in [0.2, 0.25) is 0 Å². The molecule has 18 heavy (non-hydrogen) atoms. The van der Waals surface area contributed by atoms with E-state index in [2.05, 4.69) is 0 Å². The number of rotatable bonds is 7. The highest BCUT2D eigenvalue weighted by atomic mass is 31.2. The van der Waals surface area contributed by atoms with Gasteiger partial charge in [0.05, 0.1) is 19.4 Å². The average molecular weight is 274 g/mol. The lowest BCUT2D eigenvalue weighted by Gasteiger charge is -2.20. The molecule has 0 aliphatic carbocycles. The van der Waals surface area contributed by atoms with Gasteiger partial charge in [-0.1, -0.05) is 19.1 Å². The van der Waals surface area contributed by atoms with Gasteiger partial charge in [0.25, 0.3) is 0 Å². The number of halogens is 1. The molecule has 0 radical (unpaired) electrons. The van der Waals surface area contributed by atoms with Gasteiger partial charge >= 0.3 is 7.60 Å². The third kappa shape index (κ3) is 4.52. The third-order valence-corrected chi connectivity index (χ3v) is 4.89. The fraction of sp³-hybridized carbons (Fsp3) is 0.538. The van der Waals surface area contributed by atoms with Crippen molar-refractivity contribution < 1.29 is 18.0 Å². The van der Waals surface area contributed by atoms with Crippen LogP contribution in [0.2, 0.25) is 0 Å². The van der Waals surface area contributed by atoms with E-state index in [0.29, 0.717) is 19.4 Å². The minimum atomic E-state index is -3.05. The Balaban J connectivity index is 2.74. The normalized spacial score (nSPS) is 13.6. The molecular formula is C13H20FO3P. The zero-order valence-electron chi connectivity index (χ0n) is 11.1. The van der Waals surface area contributed by atoms with Crippen molar-refractivity contribution in [3.8, 4) is 0 Å². The summed E-state index contributed by atoms with van der Waals surface area (Å²) in [5.41, 5.74) is 0.927. The van der Waals surface area contributed by atoms with Gasteiger partial charge in [0, 0.05) is 0 Å². The highest BCUT2D eigenvalue weighted by molar-refractivity contribution is 7.53. The molecule has 1 aromatic rings. The van der Waals surface area contributed by atoms with Crippen molar-refractivity contribution in [1.29, 1.82) is 0 Å². The molecule has 3 nitrogen and oxygen atoms in total. The van der Waals surface area contributed by atoms with Crippen LogP contribution in [0.1, 0.15) is 32.3 Å². The van der Waals surface area contributed by atoms with E-state index in [0.717, 1.165) is 5.56 Å². The average Bonchev–Trinajstić information content (AvgIpc) is 2.30. The van der Waals surface area contributed by atoms with E-state index in [4.69, 9.17) is 9.05 Å². The second-order valence-electron chi connectivity index (χ2n) is 4.08. The molecule has 1 rings (SSSR count). The van der Waals surface area contributed by atoms with Crippen molar-refractivity contribution >= 4 is 7.60 Å². The monoisotopic (exact) mass is 274 g/mol. The summed E-state index contributed by atoms with van der Waals surface area (Å²) in [5, 5.41) is 0. The van der Waals surface area contributed by atoms with Gasteiger partial charge in [0.15, 0.2) is 0 Å². The van der Waals surface area contributed by atoms with Crippen LogP contribution >= 0.6 is 7.60 Å². The molecule has 0 N–H and O–H groups in total. The predicted octanol–water partition coefficient (Wildman–Crippen LogP) is 4.20. The van der Waals surface area contributed by atoms with Gasteiger partial charge in [-0.25, -0.2) is 4.39 Å². The van der Waals surface area contributed by atoms with Crippen molar-refractivity contribution in [3.63, 3.8) is 0 Å². The SMILES string of the molecule is CCOP(=O)(C[C@@H](C)c1ccc(F)cc1)OCC. The van der Waals surface area contributed by atoms with E-state index in [1.165, 1.54) is 12.1 Å². The van der Waals surface area contributed by atoms with Crippen molar-refractivity contribution in [1.82, 2.24) is 0 Å². The van der Waals surface area contributed by atoms with Crippen molar-refractivity contribution in [2.24, 2.45) is 0 Å². The van der Waals surface area contributed by atoms with Crippen LogP contribution in [0.25, 0.3) is 0 Å². The van der Waals surface area contributed by atoms with E-state index in [1.54, 1.807) is 26.0 Å². The van der Waals surface area contributed by atoms with Gasteiger partial charge in [-0.05, 0) is 37.5 Å². The van der Waals surface area contributed by atoms with Gasteiger partial charge < -0.3 is 9.05 Å². The standard InChI is InChI=1S/C13H20FO3P/c1-4-16-18(15,17-5-2)10-11(3)12-6-8-13(14)9-7-12/h6-9,11H,4-5,10H2,1-3H3/t11-/m1/s1. The first-order valence-electron chi connectivity index (χ1n) is 6.14. The first kappa shape index (κ1) is 15.4. The maximum atomic E-state index is 12.8. The lowest BCUT2D eigenvalue weighted by molar-refractivity contribution is 0.219. The van der Waals surface area contributed by atoms with Crippen LogP contribution in [0.15, 0.2) is 24.3 Å². The summed E-state index contributed by atoms with van der Waals surface area (Å²) in [6, 6.07) is 6.20. The molecule has 0 aliphatic heterocycles. The highest BCUT2D eigenvalue weighted by Gasteiger charge is 2.27. The summed E-state index contributed by atoms with van der Waals surface area (Å²) < 4.78 is 35.7. The zero-order valence-corrected chi connectivity index (χ0v) is 12.0. The molecule has 0 aliphatic rings. The Labute approximate surface area is 108 Å². The second-order valence-corrected chi connectivity index (χ2v) is 6.18. The molecular weight excluding hydrogens is 254 g/mol. The summed E-state index contributed by atoms with van der Waals surface area (Å²) in [7, 11) is -3.05. The number of benzene rings is 1. The number of hydrogen-bond acceptors (Lipinski definition) is 3. The summed E-state index contributed by atoms with van der Waals surface area (Å²) in [5.74, 6) is -0.279. The van der Waals surface area contributed by atoms with Crippen LogP contribution in [0.4, 0.5) is 4.39 Å². The summed E-state index contributed by atoms with van der Waals surface area (Å²) >= 11 is 0. The van der Waals surface area contributed by atoms with Crippen LogP contribution in [-0.4, -0.2) is 19.4 Å². The molecule has 0 amide bonds. The Kier molecular flexibility index (Phi) is 6.00. The molecule has 1 atom stereocenters. The van der Waals surface area contributed by atoms with Crippen LogP contribution in [-0.2, 0) is 13.6 Å². The third-order valence-electron chi connectivity index (χ3n) is 2.59. The minimum Gasteiger partial charge on any atom is -0.309 e. The molecule has 0 aromatic heterocycles. The van der Waals surface area contributed by atoms with Crippen LogP contribution in [0.3, 0.4) is 0 Å². The molecule has 0 heterocycles. The van der Waals surface area contributed by atoms with Gasteiger partial charge in [0.1, 0.15) is 5.82 Å².